The number of ether oxygens (including phenoxy) is 2. The molecule has 0 saturated heterocycles. The van der Waals surface area contributed by atoms with Crippen molar-refractivity contribution in [3.05, 3.63) is 59.0 Å². The van der Waals surface area contributed by atoms with Crippen LogP contribution in [0, 0.1) is 5.82 Å². The molecule has 0 radical (unpaired) electrons. The molecule has 6 nitrogen and oxygen atoms in total. The number of nitrogens with zero attached hydrogens (tertiary/aromatic N) is 1. The Labute approximate surface area is 159 Å². The van der Waals surface area contributed by atoms with E-state index < -0.39 is 17.8 Å². The molecule has 0 aliphatic heterocycles. The predicted molar refractivity (Wildman–Crippen MR) is 94.9 cm³/mol. The first kappa shape index (κ1) is 20.0. The third-order valence-electron chi connectivity index (χ3n) is 2.90. The predicted octanol–water partition coefficient (Wildman–Crippen LogP) is 4.23. The van der Waals surface area contributed by atoms with Crippen molar-refractivity contribution < 1.29 is 23.5 Å². The van der Waals surface area contributed by atoms with E-state index in [0.29, 0.717) is 11.5 Å². The van der Waals surface area contributed by atoms with Crippen LogP contribution in [0.2, 0.25) is 5.02 Å². The number of hydrogen-bond acceptors (Lipinski definition) is 5. The molecule has 0 saturated carbocycles. The third kappa shape index (κ3) is 6.18. The SMILES string of the molecule is C=C(Cl)CONC(=O)[C@@H](C)Oc1ccc(Oc2ncc(Cl)cc2F)cc1. The minimum Gasteiger partial charge on any atom is -0.481 e. The van der Waals surface area contributed by atoms with Crippen LogP contribution in [0.3, 0.4) is 0 Å². The summed E-state index contributed by atoms with van der Waals surface area (Å²) >= 11 is 11.1. The molecule has 2 rings (SSSR count). The zero-order valence-corrected chi connectivity index (χ0v) is 15.2. The molecule has 0 fully saturated rings. The van der Waals surface area contributed by atoms with Crippen molar-refractivity contribution in [3.8, 4) is 17.4 Å². The number of hydrogen-bond donors (Lipinski definition) is 1. The van der Waals surface area contributed by atoms with Gasteiger partial charge in [-0.1, -0.05) is 29.8 Å². The highest BCUT2D eigenvalue weighted by Crippen LogP contribution is 2.26. The lowest BCUT2D eigenvalue weighted by Gasteiger charge is -2.14. The Bertz CT molecular complexity index is 787. The van der Waals surface area contributed by atoms with E-state index in [0.717, 1.165) is 6.07 Å². The molecule has 1 N–H and O–H groups in total. The summed E-state index contributed by atoms with van der Waals surface area (Å²) in [6.07, 6.45) is 0.458. The molecule has 0 spiro atoms. The highest BCUT2D eigenvalue weighted by molar-refractivity contribution is 6.30. The number of nitrogens with one attached hydrogen (secondary N) is 1. The van der Waals surface area contributed by atoms with Gasteiger partial charge in [0.05, 0.1) is 5.02 Å². The Balaban J connectivity index is 1.90. The maximum Gasteiger partial charge on any atom is 0.284 e. The van der Waals surface area contributed by atoms with E-state index in [9.17, 15) is 9.18 Å². The highest BCUT2D eigenvalue weighted by atomic mass is 35.5. The summed E-state index contributed by atoms with van der Waals surface area (Å²) in [5.74, 6) is -0.620. The van der Waals surface area contributed by atoms with Crippen molar-refractivity contribution in [2.24, 2.45) is 0 Å². The van der Waals surface area contributed by atoms with Crippen LogP contribution < -0.4 is 15.0 Å². The molecule has 9 heteroatoms. The van der Waals surface area contributed by atoms with E-state index in [1.165, 1.54) is 6.20 Å². The minimum absolute atomic E-state index is 0.0126. The van der Waals surface area contributed by atoms with Crippen molar-refractivity contribution in [1.82, 2.24) is 10.5 Å². The molecule has 1 atom stereocenters. The zero-order chi connectivity index (χ0) is 19.1. The van der Waals surface area contributed by atoms with Crippen LogP contribution in [0.15, 0.2) is 48.1 Å². The number of aromatic nitrogens is 1. The van der Waals surface area contributed by atoms with Crippen molar-refractivity contribution >= 4 is 29.1 Å². The molecule has 138 valence electrons. The van der Waals surface area contributed by atoms with Gasteiger partial charge in [-0.05, 0) is 37.3 Å². The Morgan fingerprint density at radius 1 is 1.35 bits per heavy atom. The second-order valence-electron chi connectivity index (χ2n) is 5.05. The molecule has 26 heavy (non-hydrogen) atoms. The van der Waals surface area contributed by atoms with Gasteiger partial charge in [0, 0.05) is 11.2 Å². The van der Waals surface area contributed by atoms with E-state index in [-0.39, 0.29) is 22.5 Å². The second kappa shape index (κ2) is 9.38. The normalized spacial score (nSPS) is 11.5. The Morgan fingerprint density at radius 3 is 2.62 bits per heavy atom. The van der Waals surface area contributed by atoms with Crippen LogP contribution in [0.4, 0.5) is 4.39 Å². The number of rotatable bonds is 8. The van der Waals surface area contributed by atoms with Crippen LogP contribution >= 0.6 is 23.2 Å². The minimum atomic E-state index is -0.819. The molecule has 1 amide bonds. The number of carbonyl (C=O) groups is 1. The fraction of sp³-hybridized carbons (Fsp3) is 0.176. The summed E-state index contributed by atoms with van der Waals surface area (Å²) in [5.41, 5.74) is 2.19. The summed E-state index contributed by atoms with van der Waals surface area (Å²) in [6.45, 7) is 4.96. The Kier molecular flexibility index (Phi) is 7.20. The third-order valence-corrected chi connectivity index (χ3v) is 3.21. The van der Waals surface area contributed by atoms with Crippen molar-refractivity contribution in [1.29, 1.82) is 0 Å². The smallest absolute Gasteiger partial charge is 0.284 e. The average Bonchev–Trinajstić information content (AvgIpc) is 2.58. The van der Waals surface area contributed by atoms with Gasteiger partial charge >= 0.3 is 0 Å². The van der Waals surface area contributed by atoms with Gasteiger partial charge in [-0.15, -0.1) is 0 Å². The summed E-state index contributed by atoms with van der Waals surface area (Å²) in [4.78, 5) is 20.4. The van der Waals surface area contributed by atoms with Gasteiger partial charge in [-0.2, -0.15) is 0 Å². The first-order chi connectivity index (χ1) is 12.3. The van der Waals surface area contributed by atoms with E-state index in [2.05, 4.69) is 17.0 Å². The summed E-state index contributed by atoms with van der Waals surface area (Å²) in [7, 11) is 0. The number of carbonyl (C=O) groups excluding carboxylic acids is 1. The van der Waals surface area contributed by atoms with E-state index >= 15 is 0 Å². The Morgan fingerprint density at radius 2 is 2.00 bits per heavy atom. The van der Waals surface area contributed by atoms with Crippen LogP contribution in [0.5, 0.6) is 17.4 Å². The van der Waals surface area contributed by atoms with Gasteiger partial charge in [-0.3, -0.25) is 9.63 Å². The van der Waals surface area contributed by atoms with Gasteiger partial charge < -0.3 is 9.47 Å². The highest BCUT2D eigenvalue weighted by Gasteiger charge is 2.15. The van der Waals surface area contributed by atoms with Crippen molar-refractivity contribution in [3.63, 3.8) is 0 Å². The molecular formula is C17H15Cl2FN2O4. The Hall–Kier alpha value is -2.35. The fourth-order valence-electron chi connectivity index (χ4n) is 1.70. The second-order valence-corrected chi connectivity index (χ2v) is 6.02. The van der Waals surface area contributed by atoms with Crippen LogP contribution in [0.1, 0.15) is 6.92 Å². The van der Waals surface area contributed by atoms with E-state index in [1.54, 1.807) is 31.2 Å². The average molecular weight is 401 g/mol. The number of amides is 1. The standard InChI is InChI=1S/C17H15Cl2FN2O4/c1-10(18)9-24-22-16(23)11(2)25-13-3-5-14(6-4-13)26-17-15(20)7-12(19)8-21-17/h3-8,11H,1,9H2,2H3,(H,22,23)/t11-/m1/s1. The zero-order valence-electron chi connectivity index (χ0n) is 13.7. The lowest BCUT2D eigenvalue weighted by atomic mass is 10.3. The first-order valence-electron chi connectivity index (χ1n) is 7.35. The summed E-state index contributed by atoms with van der Waals surface area (Å²) in [6, 6.07) is 7.32. The summed E-state index contributed by atoms with van der Waals surface area (Å²) in [5, 5.41) is 0.422. The number of pyridine rings is 1. The molecule has 0 unspecified atom stereocenters. The van der Waals surface area contributed by atoms with Gasteiger partial charge in [0.15, 0.2) is 11.9 Å². The van der Waals surface area contributed by atoms with Gasteiger partial charge in [0.25, 0.3) is 11.8 Å². The van der Waals surface area contributed by atoms with Crippen LogP contribution in [-0.2, 0) is 9.63 Å². The maximum atomic E-state index is 13.7. The lowest BCUT2D eigenvalue weighted by Crippen LogP contribution is -2.36. The fourth-order valence-corrected chi connectivity index (χ4v) is 1.90. The van der Waals surface area contributed by atoms with E-state index in [1.807, 2.05) is 0 Å². The van der Waals surface area contributed by atoms with Gasteiger partial charge in [-0.25, -0.2) is 14.9 Å². The van der Waals surface area contributed by atoms with Crippen molar-refractivity contribution in [2.45, 2.75) is 13.0 Å². The number of hydroxylamine groups is 1. The van der Waals surface area contributed by atoms with Crippen LogP contribution in [-0.4, -0.2) is 23.6 Å². The molecule has 0 aliphatic rings. The molecule has 0 bridgehead atoms. The maximum absolute atomic E-state index is 13.7. The number of halogens is 3. The molecule has 0 aliphatic carbocycles. The van der Waals surface area contributed by atoms with Crippen molar-refractivity contribution in [2.75, 3.05) is 6.61 Å². The van der Waals surface area contributed by atoms with Crippen LogP contribution in [0.25, 0.3) is 0 Å². The number of benzene rings is 1. The van der Waals surface area contributed by atoms with E-state index in [4.69, 9.17) is 37.5 Å². The molecule has 1 aromatic heterocycles. The molecule has 1 heterocycles. The van der Waals surface area contributed by atoms with Gasteiger partial charge in [0.2, 0.25) is 0 Å². The monoisotopic (exact) mass is 400 g/mol. The molecule has 2 aromatic rings. The molecular weight excluding hydrogens is 386 g/mol. The molecule has 1 aromatic carbocycles. The quantitative estimate of drug-likeness (QED) is 0.671. The van der Waals surface area contributed by atoms with Gasteiger partial charge in [0.1, 0.15) is 18.1 Å². The first-order valence-corrected chi connectivity index (χ1v) is 8.11. The largest absolute Gasteiger partial charge is 0.481 e. The lowest BCUT2D eigenvalue weighted by molar-refractivity contribution is -0.139. The topological polar surface area (TPSA) is 69.7 Å². The summed E-state index contributed by atoms with van der Waals surface area (Å²) < 4.78 is 24.5.